The van der Waals surface area contributed by atoms with Gasteiger partial charge in [-0.3, -0.25) is 9.10 Å². The number of allylic oxidation sites excluding steroid dienone is 1. The van der Waals surface area contributed by atoms with Crippen molar-refractivity contribution in [2.75, 3.05) is 10.8 Å². The molecule has 0 spiro atoms. The molecule has 8 heteroatoms. The summed E-state index contributed by atoms with van der Waals surface area (Å²) in [5.41, 5.74) is 6.72. The molecule has 1 aliphatic heterocycles. The minimum absolute atomic E-state index is 0.174. The minimum Gasteiger partial charge on any atom is -0.365 e. The number of carbonyl (C=O) groups is 1. The fourth-order valence-electron chi connectivity index (χ4n) is 2.70. The Labute approximate surface area is 171 Å². The highest BCUT2D eigenvalue weighted by atomic mass is 79.9. The predicted molar refractivity (Wildman–Crippen MR) is 114 cm³/mol. The Morgan fingerprint density at radius 1 is 1.19 bits per heavy atom. The van der Waals surface area contributed by atoms with Crippen LogP contribution in [0.1, 0.15) is 12.5 Å². The van der Waals surface area contributed by atoms with Crippen LogP contribution in [-0.2, 0) is 14.8 Å². The molecule has 0 unspecified atom stereocenters. The van der Waals surface area contributed by atoms with Gasteiger partial charge in [-0.1, -0.05) is 52.0 Å². The number of fused-ring (bicyclic) bond motifs is 1. The first-order valence-corrected chi connectivity index (χ1v) is 11.1. The highest BCUT2D eigenvalue weighted by molar-refractivity contribution is 9.10. The molecule has 1 amide bonds. The number of nitrogens with zero attached hydrogens (tertiary/aromatic N) is 1. The number of thioether (sulfide) groups is 1. The zero-order valence-electron chi connectivity index (χ0n) is 14.4. The molecule has 0 saturated carbocycles. The van der Waals surface area contributed by atoms with E-state index in [1.165, 1.54) is 16.1 Å². The molecule has 27 heavy (non-hydrogen) atoms. The number of carbonyl (C=O) groups excluding carboxylic acids is 1. The number of benzene rings is 2. The van der Waals surface area contributed by atoms with Crippen LogP contribution < -0.4 is 10.0 Å². The third-order valence-corrected chi connectivity index (χ3v) is 7.59. The van der Waals surface area contributed by atoms with Crippen molar-refractivity contribution in [2.24, 2.45) is 5.73 Å². The monoisotopic (exact) mass is 464 g/mol. The lowest BCUT2D eigenvalue weighted by molar-refractivity contribution is -0.113. The molecule has 2 aromatic carbocycles. The van der Waals surface area contributed by atoms with Gasteiger partial charge in [0, 0.05) is 14.9 Å². The maximum atomic E-state index is 13.1. The van der Waals surface area contributed by atoms with E-state index in [1.807, 2.05) is 12.1 Å². The Bertz CT molecular complexity index is 1040. The van der Waals surface area contributed by atoms with Crippen molar-refractivity contribution in [1.82, 2.24) is 0 Å². The second-order valence-corrected chi connectivity index (χ2v) is 9.56. The fraction of sp³-hybridized carbons (Fsp3) is 0.105. The van der Waals surface area contributed by atoms with Gasteiger partial charge >= 0.3 is 0 Å². The van der Waals surface area contributed by atoms with Crippen molar-refractivity contribution < 1.29 is 13.2 Å². The minimum atomic E-state index is -3.71. The number of hydrogen-bond acceptors (Lipinski definition) is 4. The average Bonchev–Trinajstić information content (AvgIpc) is 2.65. The molecule has 2 aromatic rings. The maximum Gasteiger partial charge on any atom is 0.264 e. The lowest BCUT2D eigenvalue weighted by atomic mass is 10.1. The van der Waals surface area contributed by atoms with Gasteiger partial charge in [0.25, 0.3) is 15.9 Å². The van der Waals surface area contributed by atoms with Gasteiger partial charge < -0.3 is 5.73 Å². The van der Waals surface area contributed by atoms with Crippen molar-refractivity contribution in [3.8, 4) is 0 Å². The Morgan fingerprint density at radius 2 is 1.85 bits per heavy atom. The van der Waals surface area contributed by atoms with E-state index in [0.717, 1.165) is 14.9 Å². The summed E-state index contributed by atoms with van der Waals surface area (Å²) in [6.07, 6.45) is 3.46. The maximum absolute atomic E-state index is 13.1. The van der Waals surface area contributed by atoms with Crippen LogP contribution in [0.2, 0.25) is 0 Å². The summed E-state index contributed by atoms with van der Waals surface area (Å²) in [7, 11) is -3.71. The van der Waals surface area contributed by atoms with Gasteiger partial charge in [0.1, 0.15) is 0 Å². The number of rotatable bonds is 5. The quantitative estimate of drug-likeness (QED) is 0.674. The number of hydrogen-bond donors (Lipinski definition) is 1. The molecule has 0 bridgehead atoms. The highest BCUT2D eigenvalue weighted by Gasteiger charge is 2.30. The fourth-order valence-corrected chi connectivity index (χ4v) is 5.29. The second kappa shape index (κ2) is 7.92. The first-order chi connectivity index (χ1) is 12.8. The second-order valence-electron chi connectivity index (χ2n) is 5.69. The Kier molecular flexibility index (Phi) is 5.78. The smallest absolute Gasteiger partial charge is 0.264 e. The van der Waals surface area contributed by atoms with E-state index in [-0.39, 0.29) is 11.4 Å². The number of para-hydroxylation sites is 1. The molecule has 2 N–H and O–H groups in total. The van der Waals surface area contributed by atoms with Crippen LogP contribution in [-0.4, -0.2) is 20.9 Å². The molecule has 0 aliphatic carbocycles. The molecule has 0 radical (unpaired) electrons. The number of nitrogens with two attached hydrogens (primary N) is 1. The topological polar surface area (TPSA) is 80.5 Å². The largest absolute Gasteiger partial charge is 0.365 e. The van der Waals surface area contributed by atoms with Crippen LogP contribution in [0.5, 0.6) is 0 Å². The van der Waals surface area contributed by atoms with Crippen molar-refractivity contribution >= 4 is 54.2 Å². The van der Waals surface area contributed by atoms with E-state index in [2.05, 4.69) is 15.9 Å². The summed E-state index contributed by atoms with van der Waals surface area (Å²) < 4.78 is 28.5. The number of halogens is 1. The van der Waals surface area contributed by atoms with E-state index < -0.39 is 15.9 Å². The van der Waals surface area contributed by atoms with E-state index in [9.17, 15) is 13.2 Å². The third kappa shape index (κ3) is 3.97. The molecule has 0 saturated heterocycles. The van der Waals surface area contributed by atoms with Gasteiger partial charge in [-0.05, 0) is 43.3 Å². The SMILES string of the molecule is C/C=C(\SC1=CCN(S(=O)(=O)c2ccc(Br)cc2)c2ccccc21)C(N)=O. The van der Waals surface area contributed by atoms with Crippen LogP contribution in [0.25, 0.3) is 4.91 Å². The summed E-state index contributed by atoms with van der Waals surface area (Å²) in [6.45, 7) is 1.92. The average molecular weight is 465 g/mol. The van der Waals surface area contributed by atoms with E-state index >= 15 is 0 Å². The number of sulfonamides is 1. The van der Waals surface area contributed by atoms with Crippen molar-refractivity contribution in [3.05, 3.63) is 75.6 Å². The summed E-state index contributed by atoms with van der Waals surface area (Å²) in [6, 6.07) is 13.8. The third-order valence-electron chi connectivity index (χ3n) is 4.01. The molecular weight excluding hydrogens is 448 g/mol. The van der Waals surface area contributed by atoms with Crippen molar-refractivity contribution in [2.45, 2.75) is 11.8 Å². The normalized spacial score (nSPS) is 14.5. The van der Waals surface area contributed by atoms with Gasteiger partial charge in [-0.15, -0.1) is 0 Å². The first kappa shape index (κ1) is 19.7. The lowest BCUT2D eigenvalue weighted by Gasteiger charge is -2.30. The molecule has 140 valence electrons. The molecule has 0 atom stereocenters. The van der Waals surface area contributed by atoms with Gasteiger partial charge in [-0.2, -0.15) is 0 Å². The molecule has 0 fully saturated rings. The van der Waals surface area contributed by atoms with Crippen LogP contribution in [0.3, 0.4) is 0 Å². The molecule has 0 aromatic heterocycles. The van der Waals surface area contributed by atoms with E-state index in [0.29, 0.717) is 10.6 Å². The van der Waals surface area contributed by atoms with Gasteiger partial charge in [0.05, 0.1) is 22.0 Å². The first-order valence-electron chi connectivity index (χ1n) is 8.06. The molecule has 1 aliphatic rings. The zero-order chi connectivity index (χ0) is 19.6. The number of primary amides is 1. The van der Waals surface area contributed by atoms with Crippen LogP contribution >= 0.6 is 27.7 Å². The van der Waals surface area contributed by atoms with Gasteiger partial charge in [0.2, 0.25) is 0 Å². The Morgan fingerprint density at radius 3 is 2.48 bits per heavy atom. The summed E-state index contributed by atoms with van der Waals surface area (Å²) >= 11 is 4.57. The summed E-state index contributed by atoms with van der Waals surface area (Å²) in [5.74, 6) is -0.509. The summed E-state index contributed by atoms with van der Waals surface area (Å²) in [4.78, 5) is 13.0. The molecule has 3 rings (SSSR count). The van der Waals surface area contributed by atoms with Crippen molar-refractivity contribution in [3.63, 3.8) is 0 Å². The van der Waals surface area contributed by atoms with Crippen LogP contribution in [0, 0.1) is 0 Å². The standard InChI is InChI=1S/C19H17BrN2O3S2/c1-2-17(19(21)23)26-18-11-12-22(16-6-4-3-5-15(16)18)27(24,25)14-9-7-13(20)8-10-14/h2-11H,12H2,1H3,(H2,21,23)/b17-2-. The predicted octanol–water partition coefficient (Wildman–Crippen LogP) is 4.12. The molecule has 5 nitrogen and oxygen atoms in total. The van der Waals surface area contributed by atoms with E-state index in [4.69, 9.17) is 5.73 Å². The summed E-state index contributed by atoms with van der Waals surface area (Å²) in [5, 5.41) is 0. The van der Waals surface area contributed by atoms with Gasteiger partial charge in [-0.25, -0.2) is 8.42 Å². The van der Waals surface area contributed by atoms with Crippen LogP contribution in [0.15, 0.2) is 75.0 Å². The Hall–Kier alpha value is -2.03. The number of amides is 1. The van der Waals surface area contributed by atoms with Crippen LogP contribution in [0.4, 0.5) is 5.69 Å². The Balaban J connectivity index is 2.02. The highest BCUT2D eigenvalue weighted by Crippen LogP contribution is 2.42. The molecular formula is C19H17BrN2O3S2. The lowest BCUT2D eigenvalue weighted by Crippen LogP contribution is -2.33. The zero-order valence-corrected chi connectivity index (χ0v) is 17.6. The van der Waals surface area contributed by atoms with E-state index in [1.54, 1.807) is 55.5 Å². The number of anilines is 1. The molecule has 1 heterocycles. The van der Waals surface area contributed by atoms with Gasteiger partial charge in [0.15, 0.2) is 0 Å². The van der Waals surface area contributed by atoms with Crippen molar-refractivity contribution in [1.29, 1.82) is 0 Å².